The zero-order valence-electron chi connectivity index (χ0n) is 15.2. The van der Waals surface area contributed by atoms with Crippen LogP contribution in [-0.4, -0.2) is 8.42 Å². The van der Waals surface area contributed by atoms with Crippen molar-refractivity contribution in [1.82, 2.24) is 0 Å². The fraction of sp³-hybridized carbons (Fsp3) is 0.200. The third-order valence-electron chi connectivity index (χ3n) is 4.12. The van der Waals surface area contributed by atoms with E-state index < -0.39 is 20.7 Å². The third-order valence-corrected chi connectivity index (χ3v) is 5.19. The summed E-state index contributed by atoms with van der Waals surface area (Å²) in [6.07, 6.45) is 3.12. The van der Waals surface area contributed by atoms with Crippen LogP contribution in [0, 0.1) is 19.7 Å². The summed E-state index contributed by atoms with van der Waals surface area (Å²) in [5.41, 5.74) is 3.94. The molecule has 1 aromatic heterocycles. The van der Waals surface area contributed by atoms with Gasteiger partial charge in [-0.25, -0.2) is 17.9 Å². The van der Waals surface area contributed by atoms with E-state index in [-0.39, 0.29) is 0 Å². The zero-order valence-corrected chi connectivity index (χ0v) is 16.0. The minimum atomic E-state index is -4.13. The van der Waals surface area contributed by atoms with E-state index in [1.54, 1.807) is 20.1 Å². The smallest absolute Gasteiger partial charge is 0.241 e. The Balaban J connectivity index is 0.00000117. The molecule has 0 saturated carbocycles. The first-order valence-electron chi connectivity index (χ1n) is 8.25. The number of halogens is 1. The molecule has 0 unspecified atom stereocenters. The predicted octanol–water partition coefficient (Wildman–Crippen LogP) is 5.04. The van der Waals surface area contributed by atoms with Gasteiger partial charge in [-0.15, -0.1) is 0 Å². The van der Waals surface area contributed by atoms with Gasteiger partial charge in [0.2, 0.25) is 10.0 Å². The first kappa shape index (κ1) is 19.9. The van der Waals surface area contributed by atoms with Crippen LogP contribution < -0.4 is 5.14 Å². The van der Waals surface area contributed by atoms with Crippen molar-refractivity contribution >= 4 is 10.0 Å². The van der Waals surface area contributed by atoms with Crippen molar-refractivity contribution in [3.05, 3.63) is 65.9 Å². The second-order valence-corrected chi connectivity index (χ2v) is 7.09. The average Bonchev–Trinajstić information content (AvgIpc) is 3.09. The summed E-state index contributed by atoms with van der Waals surface area (Å²) in [5, 5.41) is 5.13. The Morgan fingerprint density at radius 1 is 0.923 bits per heavy atom. The fourth-order valence-electron chi connectivity index (χ4n) is 2.83. The Kier molecular flexibility index (Phi) is 6.00. The van der Waals surface area contributed by atoms with E-state index in [4.69, 9.17) is 9.56 Å². The molecular formula is C20H22FNO3S. The highest BCUT2D eigenvalue weighted by Crippen LogP contribution is 2.37. The van der Waals surface area contributed by atoms with E-state index in [2.05, 4.69) is 0 Å². The van der Waals surface area contributed by atoms with Gasteiger partial charge in [-0.3, -0.25) is 0 Å². The molecule has 26 heavy (non-hydrogen) atoms. The van der Waals surface area contributed by atoms with E-state index in [9.17, 15) is 12.8 Å². The van der Waals surface area contributed by atoms with Gasteiger partial charge in [0, 0.05) is 11.1 Å². The van der Waals surface area contributed by atoms with Crippen LogP contribution in [0.5, 0.6) is 0 Å². The Labute approximate surface area is 153 Å². The molecule has 2 N–H and O–H groups in total. The number of hydrogen-bond donors (Lipinski definition) is 1. The number of primary sulfonamides is 1. The molecule has 0 saturated heterocycles. The van der Waals surface area contributed by atoms with Crippen molar-refractivity contribution in [3.8, 4) is 22.3 Å². The van der Waals surface area contributed by atoms with Crippen LogP contribution in [0.25, 0.3) is 22.3 Å². The number of benzene rings is 2. The highest BCUT2D eigenvalue weighted by Gasteiger charge is 2.23. The molecule has 138 valence electrons. The van der Waals surface area contributed by atoms with Gasteiger partial charge in [0.15, 0.2) is 0 Å². The summed E-state index contributed by atoms with van der Waals surface area (Å²) in [4.78, 5) is -0.464. The number of nitrogens with two attached hydrogens (primary N) is 1. The lowest BCUT2D eigenvalue weighted by Gasteiger charge is -2.14. The van der Waals surface area contributed by atoms with Crippen molar-refractivity contribution < 1.29 is 17.2 Å². The van der Waals surface area contributed by atoms with Crippen molar-refractivity contribution in [2.24, 2.45) is 5.14 Å². The monoisotopic (exact) mass is 375 g/mol. The quantitative estimate of drug-likeness (QED) is 0.697. The molecule has 0 spiro atoms. The second kappa shape index (κ2) is 7.85. The number of hydrogen-bond acceptors (Lipinski definition) is 3. The molecule has 3 rings (SSSR count). The highest BCUT2D eigenvalue weighted by molar-refractivity contribution is 7.89. The summed E-state index contributed by atoms with van der Waals surface area (Å²) in [6.45, 7) is 7.28. The summed E-state index contributed by atoms with van der Waals surface area (Å²) >= 11 is 0. The number of rotatable bonds is 3. The molecule has 0 atom stereocenters. The molecule has 0 bridgehead atoms. The summed E-state index contributed by atoms with van der Waals surface area (Å²) in [6, 6.07) is 10.7. The molecule has 4 nitrogen and oxygen atoms in total. The first-order chi connectivity index (χ1) is 12.3. The minimum absolute atomic E-state index is 0.299. The second-order valence-electron chi connectivity index (χ2n) is 5.60. The van der Waals surface area contributed by atoms with Gasteiger partial charge >= 0.3 is 0 Å². The van der Waals surface area contributed by atoms with Crippen molar-refractivity contribution in [2.45, 2.75) is 32.6 Å². The maximum absolute atomic E-state index is 14.4. The maximum atomic E-state index is 14.4. The minimum Gasteiger partial charge on any atom is -0.471 e. The van der Waals surface area contributed by atoms with Crippen molar-refractivity contribution in [3.63, 3.8) is 0 Å². The van der Waals surface area contributed by atoms with Crippen LogP contribution in [0.1, 0.15) is 25.0 Å². The maximum Gasteiger partial charge on any atom is 0.241 e. The van der Waals surface area contributed by atoms with Gasteiger partial charge in [0.25, 0.3) is 0 Å². The lowest BCUT2D eigenvalue weighted by Crippen LogP contribution is -2.16. The van der Waals surface area contributed by atoms with Crippen molar-refractivity contribution in [2.75, 3.05) is 0 Å². The van der Waals surface area contributed by atoms with E-state index in [0.29, 0.717) is 22.3 Å². The molecular weight excluding hydrogens is 353 g/mol. The summed E-state index contributed by atoms with van der Waals surface area (Å²) in [7, 11) is -4.13. The molecule has 0 aliphatic heterocycles. The van der Waals surface area contributed by atoms with Crippen LogP contribution in [0.3, 0.4) is 0 Å². The molecule has 0 fully saturated rings. The normalized spacial score (nSPS) is 11.0. The van der Waals surface area contributed by atoms with Gasteiger partial charge in [-0.2, -0.15) is 0 Å². The summed E-state index contributed by atoms with van der Waals surface area (Å²) < 4.78 is 43.0. The fourth-order valence-corrected chi connectivity index (χ4v) is 3.74. The largest absolute Gasteiger partial charge is 0.471 e. The predicted molar refractivity (Wildman–Crippen MR) is 102 cm³/mol. The number of furan rings is 1. The molecule has 0 amide bonds. The molecule has 2 aromatic carbocycles. The Bertz CT molecular complexity index is 1010. The van der Waals surface area contributed by atoms with E-state index in [1.807, 2.05) is 44.2 Å². The average molecular weight is 375 g/mol. The Morgan fingerprint density at radius 3 is 2.08 bits per heavy atom. The molecule has 0 radical (unpaired) electrons. The van der Waals surface area contributed by atoms with Crippen LogP contribution in [-0.2, 0) is 10.0 Å². The molecule has 6 heteroatoms. The van der Waals surface area contributed by atoms with Crippen LogP contribution >= 0.6 is 0 Å². The Hall–Kier alpha value is -2.44. The van der Waals surface area contributed by atoms with Gasteiger partial charge in [0.1, 0.15) is 10.7 Å². The van der Waals surface area contributed by atoms with Gasteiger partial charge in [-0.1, -0.05) is 44.2 Å². The van der Waals surface area contributed by atoms with Crippen LogP contribution in [0.2, 0.25) is 0 Å². The summed E-state index contributed by atoms with van der Waals surface area (Å²) in [5.74, 6) is -0.865. The van der Waals surface area contributed by atoms with Gasteiger partial charge in [-0.05, 0) is 42.2 Å². The lowest BCUT2D eigenvalue weighted by molar-refractivity contribution is 0.565. The third kappa shape index (κ3) is 3.71. The van der Waals surface area contributed by atoms with Crippen molar-refractivity contribution in [1.29, 1.82) is 0 Å². The lowest BCUT2D eigenvalue weighted by atomic mass is 9.93. The van der Waals surface area contributed by atoms with E-state index >= 15 is 0 Å². The molecule has 1 heterocycles. The highest BCUT2D eigenvalue weighted by atomic mass is 32.2. The first-order valence-corrected chi connectivity index (χ1v) is 9.80. The van der Waals surface area contributed by atoms with Gasteiger partial charge < -0.3 is 4.42 Å². The zero-order chi connectivity index (χ0) is 19.5. The van der Waals surface area contributed by atoms with E-state index in [1.165, 1.54) is 12.3 Å². The topological polar surface area (TPSA) is 73.3 Å². The number of sulfonamides is 1. The standard InChI is InChI=1S/C18H16FNO3S.C2H6/c1-11-12(2)18(24(20,21)22)17(19)8-14(11)16-10-23-9-15(16)13-6-4-3-5-7-13;1-2/h3-10H,1-2H3,(H2,20,21,22);1-2H3. The molecule has 0 aliphatic rings. The SMILES string of the molecule is CC.Cc1c(-c2cocc2-c2ccccc2)cc(F)c(S(N)(=O)=O)c1C. The van der Waals surface area contributed by atoms with Gasteiger partial charge in [0.05, 0.1) is 12.5 Å². The Morgan fingerprint density at radius 2 is 1.50 bits per heavy atom. The van der Waals surface area contributed by atoms with Crippen LogP contribution in [0.4, 0.5) is 4.39 Å². The van der Waals surface area contributed by atoms with Crippen LogP contribution in [0.15, 0.2) is 58.2 Å². The molecule has 0 aliphatic carbocycles. The molecule has 3 aromatic rings. The van der Waals surface area contributed by atoms with E-state index in [0.717, 1.165) is 11.1 Å².